The van der Waals surface area contributed by atoms with Crippen LogP contribution in [-0.4, -0.2) is 40.7 Å². The second kappa shape index (κ2) is 6.03. The molecule has 0 N–H and O–H groups in total. The van der Waals surface area contributed by atoms with Gasteiger partial charge < -0.3 is 13.8 Å². The lowest BCUT2D eigenvalue weighted by Gasteiger charge is -2.15. The van der Waals surface area contributed by atoms with E-state index in [2.05, 4.69) is 36.6 Å². The quantitative estimate of drug-likeness (QED) is 0.556. The van der Waals surface area contributed by atoms with Gasteiger partial charge in [-0.1, -0.05) is 5.16 Å². The van der Waals surface area contributed by atoms with Gasteiger partial charge in [0.05, 0.1) is 18.3 Å². The monoisotopic (exact) mass is 351 g/mol. The van der Waals surface area contributed by atoms with E-state index in [0.717, 1.165) is 30.1 Å². The van der Waals surface area contributed by atoms with Crippen LogP contribution in [-0.2, 0) is 11.3 Å². The molecule has 1 fully saturated rings. The zero-order chi connectivity index (χ0) is 17.5. The number of rotatable bonds is 4. The van der Waals surface area contributed by atoms with Crippen LogP contribution in [0.1, 0.15) is 37.1 Å². The van der Waals surface area contributed by atoms with Gasteiger partial charge >= 0.3 is 0 Å². The molecule has 5 rings (SSSR count). The normalized spacial score (nSPS) is 20.2. The Kier molecular flexibility index (Phi) is 3.52. The van der Waals surface area contributed by atoms with E-state index >= 15 is 0 Å². The number of hydrogen-bond donors (Lipinski definition) is 0. The topological polar surface area (TPSA) is 96.2 Å². The summed E-state index contributed by atoms with van der Waals surface area (Å²) in [4.78, 5) is 17.5. The van der Waals surface area contributed by atoms with E-state index in [0.29, 0.717) is 18.3 Å². The summed E-state index contributed by atoms with van der Waals surface area (Å²) in [5.41, 5.74) is 1.50. The summed E-state index contributed by atoms with van der Waals surface area (Å²) in [6.45, 7) is 3.57. The largest absolute Gasteiger partial charge is 0.369 e. The number of imidazole rings is 2. The molecular formula is C17H17N7O2. The number of aryl methyl sites for hydroxylation is 1. The van der Waals surface area contributed by atoms with Gasteiger partial charge in [-0.25, -0.2) is 9.97 Å². The van der Waals surface area contributed by atoms with Crippen LogP contribution >= 0.6 is 0 Å². The van der Waals surface area contributed by atoms with E-state index in [9.17, 15) is 0 Å². The van der Waals surface area contributed by atoms with Crippen LogP contribution < -0.4 is 0 Å². The molecule has 4 aromatic rings. The highest BCUT2D eigenvalue weighted by Crippen LogP contribution is 2.40. The van der Waals surface area contributed by atoms with E-state index in [1.54, 1.807) is 24.8 Å². The first kappa shape index (κ1) is 15.2. The smallest absolute Gasteiger partial charge is 0.233 e. The van der Waals surface area contributed by atoms with Crippen molar-refractivity contribution >= 4 is 5.65 Å². The first-order chi connectivity index (χ1) is 12.8. The molecule has 1 aliphatic rings. The van der Waals surface area contributed by atoms with Crippen molar-refractivity contribution in [2.75, 3.05) is 6.61 Å². The molecule has 0 amide bonds. The van der Waals surface area contributed by atoms with Gasteiger partial charge in [-0.3, -0.25) is 9.38 Å². The molecule has 0 aliphatic carbocycles. The van der Waals surface area contributed by atoms with Gasteiger partial charge in [-0.05, 0) is 13.3 Å². The van der Waals surface area contributed by atoms with E-state index in [-0.39, 0.29) is 12.0 Å². The van der Waals surface area contributed by atoms with Crippen molar-refractivity contribution in [2.45, 2.75) is 31.9 Å². The fourth-order valence-corrected chi connectivity index (χ4v) is 3.44. The van der Waals surface area contributed by atoms with Crippen molar-refractivity contribution in [2.24, 2.45) is 0 Å². The summed E-state index contributed by atoms with van der Waals surface area (Å²) in [6, 6.07) is 0. The first-order valence-corrected chi connectivity index (χ1v) is 8.59. The Morgan fingerprint density at radius 3 is 3.08 bits per heavy atom. The van der Waals surface area contributed by atoms with Crippen molar-refractivity contribution in [1.29, 1.82) is 0 Å². The van der Waals surface area contributed by atoms with E-state index in [4.69, 9.17) is 9.26 Å². The maximum Gasteiger partial charge on any atom is 0.233 e. The van der Waals surface area contributed by atoms with Gasteiger partial charge in [0.25, 0.3) is 0 Å². The summed E-state index contributed by atoms with van der Waals surface area (Å²) in [6.07, 6.45) is 11.3. The van der Waals surface area contributed by atoms with Gasteiger partial charge in [0, 0.05) is 37.9 Å². The molecular weight excluding hydrogens is 334 g/mol. The molecule has 26 heavy (non-hydrogen) atoms. The standard InChI is InChI=1S/C17H17N7O2/c1-2-23-6-5-19-16(23)14-11(3-8-25-14)17-21-15(22-26-17)12-9-20-13-10-18-4-7-24(12)13/h4-7,9-11,14H,2-3,8H2,1H3/t11-,14-/m1/s1. The van der Waals surface area contributed by atoms with Crippen molar-refractivity contribution in [3.05, 3.63) is 48.9 Å². The summed E-state index contributed by atoms with van der Waals surface area (Å²) < 4.78 is 15.5. The second-order valence-electron chi connectivity index (χ2n) is 6.16. The Morgan fingerprint density at radius 1 is 1.19 bits per heavy atom. The van der Waals surface area contributed by atoms with E-state index < -0.39 is 0 Å². The number of nitrogens with zero attached hydrogens (tertiary/aromatic N) is 7. The molecule has 132 valence electrons. The third kappa shape index (κ3) is 2.31. The molecule has 0 radical (unpaired) electrons. The van der Waals surface area contributed by atoms with Gasteiger partial charge in [0.15, 0.2) is 5.65 Å². The van der Waals surface area contributed by atoms with Crippen LogP contribution in [0, 0.1) is 0 Å². The fourth-order valence-electron chi connectivity index (χ4n) is 3.44. The minimum atomic E-state index is -0.176. The molecule has 2 atom stereocenters. The maximum absolute atomic E-state index is 5.94. The average Bonchev–Trinajstić information content (AvgIpc) is 3.45. The van der Waals surface area contributed by atoms with Crippen molar-refractivity contribution in [1.82, 2.24) is 34.1 Å². The Hall–Kier alpha value is -3.07. The molecule has 1 saturated heterocycles. The lowest BCUT2D eigenvalue weighted by molar-refractivity contribution is 0.0888. The molecule has 0 unspecified atom stereocenters. The summed E-state index contributed by atoms with van der Waals surface area (Å²) in [5, 5.41) is 4.16. The van der Waals surface area contributed by atoms with Crippen LogP contribution in [0.4, 0.5) is 0 Å². The number of ether oxygens (including phenoxy) is 1. The third-order valence-electron chi connectivity index (χ3n) is 4.74. The van der Waals surface area contributed by atoms with E-state index in [1.807, 2.05) is 16.8 Å². The molecule has 9 nitrogen and oxygen atoms in total. The lowest BCUT2D eigenvalue weighted by atomic mass is 10.0. The van der Waals surface area contributed by atoms with Gasteiger partial charge in [0.2, 0.25) is 11.7 Å². The SMILES string of the molecule is CCn1ccnc1[C@@H]1OCC[C@H]1c1nc(-c2cnc3cnccn23)no1. The molecule has 9 heteroatoms. The zero-order valence-corrected chi connectivity index (χ0v) is 14.2. The molecule has 0 aromatic carbocycles. The highest BCUT2D eigenvalue weighted by Gasteiger charge is 2.37. The van der Waals surface area contributed by atoms with Gasteiger partial charge in [0.1, 0.15) is 17.6 Å². The van der Waals surface area contributed by atoms with Crippen molar-refractivity contribution in [3.8, 4) is 11.5 Å². The second-order valence-corrected chi connectivity index (χ2v) is 6.16. The highest BCUT2D eigenvalue weighted by molar-refractivity contribution is 5.55. The lowest BCUT2D eigenvalue weighted by Crippen LogP contribution is -2.13. The van der Waals surface area contributed by atoms with Gasteiger partial charge in [-0.2, -0.15) is 4.98 Å². The van der Waals surface area contributed by atoms with Crippen LogP contribution in [0.2, 0.25) is 0 Å². The molecule has 0 saturated carbocycles. The first-order valence-electron chi connectivity index (χ1n) is 8.59. The predicted octanol–water partition coefficient (Wildman–Crippen LogP) is 2.24. The van der Waals surface area contributed by atoms with E-state index in [1.165, 1.54) is 0 Å². The molecule has 0 spiro atoms. The molecule has 4 aromatic heterocycles. The third-order valence-corrected chi connectivity index (χ3v) is 4.74. The Bertz CT molecular complexity index is 1050. The highest BCUT2D eigenvalue weighted by atomic mass is 16.5. The van der Waals surface area contributed by atoms with Crippen LogP contribution in [0.5, 0.6) is 0 Å². The van der Waals surface area contributed by atoms with Crippen LogP contribution in [0.3, 0.4) is 0 Å². The predicted molar refractivity (Wildman–Crippen MR) is 90.2 cm³/mol. The molecule has 5 heterocycles. The van der Waals surface area contributed by atoms with Crippen molar-refractivity contribution < 1.29 is 9.26 Å². The minimum Gasteiger partial charge on any atom is -0.369 e. The zero-order valence-electron chi connectivity index (χ0n) is 14.2. The number of fused-ring (bicyclic) bond motifs is 1. The van der Waals surface area contributed by atoms with Gasteiger partial charge in [-0.15, -0.1) is 0 Å². The average molecular weight is 351 g/mol. The number of aromatic nitrogens is 7. The Morgan fingerprint density at radius 2 is 2.15 bits per heavy atom. The number of hydrogen-bond acceptors (Lipinski definition) is 7. The fraction of sp³-hybridized carbons (Fsp3) is 0.353. The summed E-state index contributed by atoms with van der Waals surface area (Å²) in [7, 11) is 0. The van der Waals surface area contributed by atoms with Crippen LogP contribution in [0.15, 0.2) is 41.7 Å². The van der Waals surface area contributed by atoms with Crippen LogP contribution in [0.25, 0.3) is 17.2 Å². The Balaban J connectivity index is 1.50. The van der Waals surface area contributed by atoms with Crippen molar-refractivity contribution in [3.63, 3.8) is 0 Å². The molecule has 1 aliphatic heterocycles. The summed E-state index contributed by atoms with van der Waals surface area (Å²) >= 11 is 0. The molecule has 0 bridgehead atoms. The summed E-state index contributed by atoms with van der Waals surface area (Å²) in [5.74, 6) is 1.96. The minimum absolute atomic E-state index is 0.00944. The Labute approximate surface area is 148 Å². The maximum atomic E-state index is 5.94.